The Morgan fingerprint density at radius 1 is 1.47 bits per heavy atom. The monoisotopic (exact) mass is 232 g/mol. The topological polar surface area (TPSA) is 62.1 Å². The van der Waals surface area contributed by atoms with E-state index < -0.39 is 0 Å². The molecule has 0 saturated carbocycles. The first-order chi connectivity index (χ1) is 8.08. The lowest BCUT2D eigenvalue weighted by Gasteiger charge is -2.13. The van der Waals surface area contributed by atoms with Crippen molar-refractivity contribution >= 4 is 11.6 Å². The second-order valence-corrected chi connectivity index (χ2v) is 3.87. The van der Waals surface area contributed by atoms with E-state index >= 15 is 0 Å². The molecule has 4 nitrogen and oxygen atoms in total. The van der Waals surface area contributed by atoms with Gasteiger partial charge in [0, 0.05) is 12.8 Å². The zero-order valence-electron chi connectivity index (χ0n) is 10.3. The Morgan fingerprint density at radius 2 is 2.18 bits per heavy atom. The molecule has 0 aliphatic carbocycles. The summed E-state index contributed by atoms with van der Waals surface area (Å²) in [5.41, 5.74) is 2.69. The molecule has 0 unspecified atom stereocenters. The molecule has 0 aliphatic heterocycles. The highest BCUT2D eigenvalue weighted by atomic mass is 16.5. The number of amides is 1. The number of methoxy groups -OCH3 is 1. The molecule has 0 fully saturated rings. The predicted molar refractivity (Wildman–Crippen MR) is 65.9 cm³/mol. The van der Waals surface area contributed by atoms with Crippen LogP contribution in [0.1, 0.15) is 24.0 Å². The summed E-state index contributed by atoms with van der Waals surface area (Å²) in [5, 5.41) is 11.2. The van der Waals surface area contributed by atoms with Gasteiger partial charge in [-0.1, -0.05) is 6.07 Å². The fraction of sp³-hybridized carbons (Fsp3) is 0.385. The second-order valence-electron chi connectivity index (χ2n) is 3.87. The number of aryl methyl sites for hydroxylation is 2. The summed E-state index contributed by atoms with van der Waals surface area (Å²) in [4.78, 5) is 11.5. The summed E-state index contributed by atoms with van der Waals surface area (Å²) in [6.45, 7) is 3.88. The van der Waals surface area contributed by atoms with Crippen LogP contribution < -0.4 is 10.1 Å². The fourth-order valence-electron chi connectivity index (χ4n) is 1.70. The van der Waals surface area contributed by atoms with Gasteiger partial charge in [0.2, 0.25) is 5.91 Å². The second kappa shape index (κ2) is 5.90. The molecule has 1 aromatic carbocycles. The molecular weight excluding hydrogens is 216 g/mol. The highest BCUT2D eigenvalue weighted by molar-refractivity contribution is 5.92. The smallest absolute Gasteiger partial charge is 0.225 e. The summed E-state index contributed by atoms with van der Waals surface area (Å²) in [5.74, 6) is 0.496. The first-order valence-electron chi connectivity index (χ1n) is 5.40. The molecular formula is C13H16N2O2. The number of nitrogens with one attached hydrogen (secondary N) is 1. The third-order valence-electron chi connectivity index (χ3n) is 2.36. The molecule has 1 N–H and O–H groups in total. The Hall–Kier alpha value is -2.02. The summed E-state index contributed by atoms with van der Waals surface area (Å²) in [6, 6.07) is 5.79. The Balaban J connectivity index is 2.90. The lowest BCUT2D eigenvalue weighted by molar-refractivity contribution is -0.116. The van der Waals surface area contributed by atoms with Gasteiger partial charge >= 0.3 is 0 Å². The van der Waals surface area contributed by atoms with Crippen molar-refractivity contribution in [1.29, 1.82) is 5.26 Å². The van der Waals surface area contributed by atoms with E-state index in [9.17, 15) is 4.79 Å². The molecule has 1 aromatic rings. The standard InChI is InChI=1S/C13H16N2O2/c1-9-7-10(2)13(17-3)11(8-9)15-12(16)5-4-6-14/h7-8H,4-5H2,1-3H3,(H,15,16). The average molecular weight is 232 g/mol. The fourth-order valence-corrected chi connectivity index (χ4v) is 1.70. The zero-order valence-corrected chi connectivity index (χ0v) is 10.3. The first-order valence-corrected chi connectivity index (χ1v) is 5.40. The van der Waals surface area contributed by atoms with Crippen LogP contribution >= 0.6 is 0 Å². The molecule has 0 bridgehead atoms. The zero-order chi connectivity index (χ0) is 12.8. The van der Waals surface area contributed by atoms with Gasteiger partial charge in [0.15, 0.2) is 0 Å². The van der Waals surface area contributed by atoms with Crippen molar-refractivity contribution in [3.05, 3.63) is 23.3 Å². The summed E-state index contributed by atoms with van der Waals surface area (Å²) in [7, 11) is 1.57. The van der Waals surface area contributed by atoms with Crippen LogP contribution in [0.3, 0.4) is 0 Å². The molecule has 1 amide bonds. The number of ether oxygens (including phenoxy) is 1. The number of carbonyl (C=O) groups is 1. The molecule has 17 heavy (non-hydrogen) atoms. The number of benzene rings is 1. The molecule has 0 saturated heterocycles. The third kappa shape index (κ3) is 3.49. The van der Waals surface area contributed by atoms with Crippen LogP contribution in [0.2, 0.25) is 0 Å². The minimum Gasteiger partial charge on any atom is -0.494 e. The van der Waals surface area contributed by atoms with Crippen molar-refractivity contribution in [1.82, 2.24) is 0 Å². The van der Waals surface area contributed by atoms with E-state index in [0.29, 0.717) is 11.4 Å². The molecule has 90 valence electrons. The number of nitrogens with zero attached hydrogens (tertiary/aromatic N) is 1. The quantitative estimate of drug-likeness (QED) is 0.867. The van der Waals surface area contributed by atoms with Crippen LogP contribution in [0.4, 0.5) is 5.69 Å². The van der Waals surface area contributed by atoms with Crippen molar-refractivity contribution in [2.24, 2.45) is 0 Å². The van der Waals surface area contributed by atoms with Crippen LogP contribution in [-0.4, -0.2) is 13.0 Å². The van der Waals surface area contributed by atoms with Crippen LogP contribution in [0.5, 0.6) is 5.75 Å². The number of anilines is 1. The largest absolute Gasteiger partial charge is 0.494 e. The Morgan fingerprint density at radius 3 is 2.76 bits per heavy atom. The highest BCUT2D eigenvalue weighted by Crippen LogP contribution is 2.29. The highest BCUT2D eigenvalue weighted by Gasteiger charge is 2.10. The van der Waals surface area contributed by atoms with Gasteiger partial charge in [-0.05, 0) is 31.0 Å². The molecule has 0 atom stereocenters. The number of hydrogen-bond acceptors (Lipinski definition) is 3. The first kappa shape index (κ1) is 13.0. The van der Waals surface area contributed by atoms with E-state index in [1.165, 1.54) is 0 Å². The van der Waals surface area contributed by atoms with Gasteiger partial charge in [0.1, 0.15) is 5.75 Å². The Labute approximate surface area is 101 Å². The van der Waals surface area contributed by atoms with Crippen LogP contribution in [0.25, 0.3) is 0 Å². The number of carbonyl (C=O) groups excluding carboxylic acids is 1. The van der Waals surface area contributed by atoms with Crippen LogP contribution in [0.15, 0.2) is 12.1 Å². The maximum Gasteiger partial charge on any atom is 0.225 e. The van der Waals surface area contributed by atoms with E-state index in [-0.39, 0.29) is 18.7 Å². The van der Waals surface area contributed by atoms with Crippen molar-refractivity contribution in [3.8, 4) is 11.8 Å². The lowest BCUT2D eigenvalue weighted by Crippen LogP contribution is -2.12. The van der Waals surface area contributed by atoms with Gasteiger partial charge < -0.3 is 10.1 Å². The minimum absolute atomic E-state index is 0.171. The number of hydrogen-bond donors (Lipinski definition) is 1. The lowest BCUT2D eigenvalue weighted by atomic mass is 10.1. The summed E-state index contributed by atoms with van der Waals surface area (Å²) >= 11 is 0. The van der Waals surface area contributed by atoms with Gasteiger partial charge in [-0.15, -0.1) is 0 Å². The third-order valence-corrected chi connectivity index (χ3v) is 2.36. The van der Waals surface area contributed by atoms with E-state index in [2.05, 4.69) is 5.32 Å². The molecule has 0 heterocycles. The molecule has 0 aromatic heterocycles. The summed E-state index contributed by atoms with van der Waals surface area (Å²) < 4.78 is 5.26. The Bertz CT molecular complexity index is 461. The van der Waals surface area contributed by atoms with Crippen LogP contribution in [0, 0.1) is 25.2 Å². The molecule has 0 radical (unpaired) electrons. The van der Waals surface area contributed by atoms with Crippen molar-refractivity contribution in [2.45, 2.75) is 26.7 Å². The Kier molecular flexibility index (Phi) is 4.53. The SMILES string of the molecule is COc1c(C)cc(C)cc1NC(=O)CCC#N. The average Bonchev–Trinajstić information content (AvgIpc) is 2.25. The van der Waals surface area contributed by atoms with Gasteiger partial charge in [-0.2, -0.15) is 5.26 Å². The van der Waals surface area contributed by atoms with Gasteiger partial charge in [0.05, 0.1) is 18.9 Å². The normalized spacial score (nSPS) is 9.53. The maximum atomic E-state index is 11.5. The van der Waals surface area contributed by atoms with E-state index in [0.717, 1.165) is 11.1 Å². The van der Waals surface area contributed by atoms with E-state index in [1.807, 2.05) is 32.0 Å². The van der Waals surface area contributed by atoms with E-state index in [4.69, 9.17) is 10.00 Å². The summed E-state index contributed by atoms with van der Waals surface area (Å²) in [6.07, 6.45) is 0.422. The maximum absolute atomic E-state index is 11.5. The predicted octanol–water partition coefficient (Wildman–Crippen LogP) is 2.55. The van der Waals surface area contributed by atoms with E-state index in [1.54, 1.807) is 7.11 Å². The van der Waals surface area contributed by atoms with Crippen molar-refractivity contribution < 1.29 is 9.53 Å². The minimum atomic E-state index is -0.171. The van der Waals surface area contributed by atoms with Crippen molar-refractivity contribution in [2.75, 3.05) is 12.4 Å². The van der Waals surface area contributed by atoms with Crippen molar-refractivity contribution in [3.63, 3.8) is 0 Å². The molecule has 1 rings (SSSR count). The van der Waals surface area contributed by atoms with Gasteiger partial charge in [-0.3, -0.25) is 4.79 Å². The van der Waals surface area contributed by atoms with Gasteiger partial charge in [0.25, 0.3) is 0 Å². The molecule has 0 aliphatic rings. The van der Waals surface area contributed by atoms with Gasteiger partial charge in [-0.25, -0.2) is 0 Å². The molecule has 0 spiro atoms. The van der Waals surface area contributed by atoms with Crippen LogP contribution in [-0.2, 0) is 4.79 Å². The number of rotatable bonds is 4. The molecule has 4 heteroatoms. The number of nitriles is 1.